The molecule has 0 atom stereocenters. The van der Waals surface area contributed by atoms with Crippen molar-refractivity contribution in [3.8, 4) is 11.5 Å². The smallest absolute Gasteiger partial charge is 0.161 e. The lowest BCUT2D eigenvalue weighted by atomic mass is 10.2. The first-order valence-electron chi connectivity index (χ1n) is 4.87. The second kappa shape index (κ2) is 4.65. The van der Waals surface area contributed by atoms with Gasteiger partial charge in [0, 0.05) is 0 Å². The monoisotopic (exact) mass is 219 g/mol. The summed E-state index contributed by atoms with van der Waals surface area (Å²) in [6, 6.07) is 5.79. The molecule has 0 bridgehead atoms. The molecule has 5 nitrogen and oxygen atoms in total. The Kier molecular flexibility index (Phi) is 3.05. The Bertz CT molecular complexity index is 454. The van der Waals surface area contributed by atoms with Crippen LogP contribution in [-0.4, -0.2) is 29.0 Å². The Morgan fingerprint density at radius 1 is 1.19 bits per heavy atom. The van der Waals surface area contributed by atoms with E-state index in [4.69, 9.17) is 9.47 Å². The summed E-state index contributed by atoms with van der Waals surface area (Å²) in [6.07, 6.45) is 3.19. The molecule has 0 spiro atoms. The largest absolute Gasteiger partial charge is 0.493 e. The molecular formula is C11H13N3O2. The fraction of sp³-hybridized carbons (Fsp3) is 0.273. The molecule has 16 heavy (non-hydrogen) atoms. The van der Waals surface area contributed by atoms with Gasteiger partial charge in [-0.3, -0.25) is 0 Å². The Balaban J connectivity index is 2.22. The Morgan fingerprint density at radius 2 is 2.00 bits per heavy atom. The Morgan fingerprint density at radius 3 is 2.62 bits per heavy atom. The van der Waals surface area contributed by atoms with Crippen molar-refractivity contribution in [3.05, 3.63) is 36.4 Å². The fourth-order valence-corrected chi connectivity index (χ4v) is 1.48. The number of ether oxygens (including phenoxy) is 2. The Hall–Kier alpha value is -2.04. The minimum atomic E-state index is 0.667. The fourth-order valence-electron chi connectivity index (χ4n) is 1.48. The van der Waals surface area contributed by atoms with Gasteiger partial charge in [-0.25, -0.2) is 9.67 Å². The molecular weight excluding hydrogens is 206 g/mol. The molecule has 0 N–H and O–H groups in total. The summed E-state index contributed by atoms with van der Waals surface area (Å²) in [4.78, 5) is 3.89. The minimum absolute atomic E-state index is 0.667. The summed E-state index contributed by atoms with van der Waals surface area (Å²) in [5, 5.41) is 4.04. The van der Waals surface area contributed by atoms with Gasteiger partial charge < -0.3 is 9.47 Å². The first-order valence-corrected chi connectivity index (χ1v) is 4.87. The van der Waals surface area contributed by atoms with Crippen molar-refractivity contribution in [2.45, 2.75) is 6.54 Å². The molecule has 0 fully saturated rings. The van der Waals surface area contributed by atoms with Crippen molar-refractivity contribution in [2.75, 3.05) is 14.2 Å². The molecule has 1 heterocycles. The summed E-state index contributed by atoms with van der Waals surface area (Å²) in [5.74, 6) is 1.45. The maximum Gasteiger partial charge on any atom is 0.161 e. The molecule has 0 aliphatic carbocycles. The summed E-state index contributed by atoms with van der Waals surface area (Å²) in [6.45, 7) is 0.667. The number of nitrogens with zero attached hydrogens (tertiary/aromatic N) is 3. The van der Waals surface area contributed by atoms with Gasteiger partial charge in [0.2, 0.25) is 0 Å². The third kappa shape index (κ3) is 2.13. The van der Waals surface area contributed by atoms with Crippen LogP contribution in [0.3, 0.4) is 0 Å². The van der Waals surface area contributed by atoms with Gasteiger partial charge in [0.05, 0.1) is 20.8 Å². The van der Waals surface area contributed by atoms with E-state index in [0.29, 0.717) is 6.54 Å². The predicted octanol–water partition coefficient (Wildman–Crippen LogP) is 1.34. The topological polar surface area (TPSA) is 49.2 Å². The molecule has 1 aromatic heterocycles. The van der Waals surface area contributed by atoms with E-state index in [1.807, 2.05) is 18.2 Å². The SMILES string of the molecule is COc1ccc(Cn2cncn2)cc1OC. The number of methoxy groups -OCH3 is 2. The van der Waals surface area contributed by atoms with Gasteiger partial charge in [-0.1, -0.05) is 6.07 Å². The lowest BCUT2D eigenvalue weighted by molar-refractivity contribution is 0.354. The summed E-state index contributed by atoms with van der Waals surface area (Å²) in [5.41, 5.74) is 1.09. The molecule has 0 saturated heterocycles. The maximum atomic E-state index is 5.23. The van der Waals surface area contributed by atoms with E-state index in [2.05, 4.69) is 10.1 Å². The maximum absolute atomic E-state index is 5.23. The van der Waals surface area contributed by atoms with Crippen LogP contribution in [0.1, 0.15) is 5.56 Å². The number of benzene rings is 1. The van der Waals surface area contributed by atoms with Crippen molar-refractivity contribution >= 4 is 0 Å². The molecule has 5 heteroatoms. The lowest BCUT2D eigenvalue weighted by Crippen LogP contribution is -2.00. The van der Waals surface area contributed by atoms with Gasteiger partial charge in [-0.15, -0.1) is 0 Å². The lowest BCUT2D eigenvalue weighted by Gasteiger charge is -2.09. The van der Waals surface area contributed by atoms with Gasteiger partial charge in [-0.2, -0.15) is 5.10 Å². The number of hydrogen-bond acceptors (Lipinski definition) is 4. The van der Waals surface area contributed by atoms with Crippen molar-refractivity contribution in [1.82, 2.24) is 14.8 Å². The highest BCUT2D eigenvalue weighted by atomic mass is 16.5. The summed E-state index contributed by atoms with van der Waals surface area (Å²) >= 11 is 0. The average Bonchev–Trinajstić information content (AvgIpc) is 2.81. The molecule has 0 saturated carbocycles. The molecule has 0 amide bonds. The highest BCUT2D eigenvalue weighted by Gasteiger charge is 2.04. The second-order valence-corrected chi connectivity index (χ2v) is 3.28. The van der Waals surface area contributed by atoms with Crippen molar-refractivity contribution < 1.29 is 9.47 Å². The second-order valence-electron chi connectivity index (χ2n) is 3.28. The van der Waals surface area contributed by atoms with Crippen LogP contribution in [0.25, 0.3) is 0 Å². The van der Waals surface area contributed by atoms with Gasteiger partial charge >= 0.3 is 0 Å². The predicted molar refractivity (Wildman–Crippen MR) is 58.7 cm³/mol. The molecule has 0 radical (unpaired) electrons. The third-order valence-corrected chi connectivity index (χ3v) is 2.26. The van der Waals surface area contributed by atoms with Crippen LogP contribution in [0.15, 0.2) is 30.9 Å². The van der Waals surface area contributed by atoms with Crippen LogP contribution in [0, 0.1) is 0 Å². The van der Waals surface area contributed by atoms with Gasteiger partial charge in [0.15, 0.2) is 11.5 Å². The van der Waals surface area contributed by atoms with E-state index in [1.54, 1.807) is 25.2 Å². The molecule has 2 aromatic rings. The van der Waals surface area contributed by atoms with Gasteiger partial charge in [0.1, 0.15) is 12.7 Å². The van der Waals surface area contributed by atoms with Crippen LogP contribution < -0.4 is 9.47 Å². The van der Waals surface area contributed by atoms with E-state index in [0.717, 1.165) is 17.1 Å². The van der Waals surface area contributed by atoms with E-state index < -0.39 is 0 Å². The molecule has 84 valence electrons. The molecule has 0 unspecified atom stereocenters. The van der Waals surface area contributed by atoms with Crippen molar-refractivity contribution in [2.24, 2.45) is 0 Å². The Labute approximate surface area is 93.6 Å². The van der Waals surface area contributed by atoms with Crippen molar-refractivity contribution in [1.29, 1.82) is 0 Å². The standard InChI is InChI=1S/C11H13N3O2/c1-15-10-4-3-9(5-11(10)16-2)6-14-8-12-7-13-14/h3-5,7-8H,6H2,1-2H3. The summed E-state index contributed by atoms with van der Waals surface area (Å²) < 4.78 is 12.1. The first-order chi connectivity index (χ1) is 7.83. The van der Waals surface area contributed by atoms with Crippen LogP contribution in [0.4, 0.5) is 0 Å². The van der Waals surface area contributed by atoms with Gasteiger partial charge in [-0.05, 0) is 17.7 Å². The summed E-state index contributed by atoms with van der Waals surface area (Å²) in [7, 11) is 3.24. The van der Waals surface area contributed by atoms with E-state index >= 15 is 0 Å². The van der Waals surface area contributed by atoms with Crippen LogP contribution in [-0.2, 0) is 6.54 Å². The van der Waals surface area contributed by atoms with Gasteiger partial charge in [0.25, 0.3) is 0 Å². The molecule has 0 aliphatic rings. The highest BCUT2D eigenvalue weighted by Crippen LogP contribution is 2.27. The first kappa shape index (κ1) is 10.5. The van der Waals surface area contributed by atoms with Crippen LogP contribution in [0.2, 0.25) is 0 Å². The van der Waals surface area contributed by atoms with E-state index in [1.165, 1.54) is 6.33 Å². The van der Waals surface area contributed by atoms with E-state index in [9.17, 15) is 0 Å². The quantitative estimate of drug-likeness (QED) is 0.778. The highest BCUT2D eigenvalue weighted by molar-refractivity contribution is 5.42. The zero-order valence-electron chi connectivity index (χ0n) is 9.25. The molecule has 2 rings (SSSR count). The molecule has 1 aromatic carbocycles. The zero-order valence-corrected chi connectivity index (χ0v) is 9.25. The van der Waals surface area contributed by atoms with Crippen LogP contribution in [0.5, 0.6) is 11.5 Å². The van der Waals surface area contributed by atoms with Crippen LogP contribution >= 0.6 is 0 Å². The number of hydrogen-bond donors (Lipinski definition) is 0. The number of rotatable bonds is 4. The average molecular weight is 219 g/mol. The minimum Gasteiger partial charge on any atom is -0.493 e. The normalized spacial score (nSPS) is 10.1. The third-order valence-electron chi connectivity index (χ3n) is 2.26. The number of aromatic nitrogens is 3. The molecule has 0 aliphatic heterocycles. The zero-order chi connectivity index (χ0) is 11.4. The van der Waals surface area contributed by atoms with E-state index in [-0.39, 0.29) is 0 Å². The van der Waals surface area contributed by atoms with Crippen molar-refractivity contribution in [3.63, 3.8) is 0 Å².